The van der Waals surface area contributed by atoms with Crippen LogP contribution in [0.2, 0.25) is 0 Å². The summed E-state index contributed by atoms with van der Waals surface area (Å²) in [5.41, 5.74) is 2.96. The van der Waals surface area contributed by atoms with Crippen LogP contribution in [0.15, 0.2) is 0 Å². The highest BCUT2D eigenvalue weighted by atomic mass is 16.2. The third kappa shape index (κ3) is 12.8. The maximum Gasteiger partial charge on any atom is 0.235 e. The van der Waals surface area contributed by atoms with Gasteiger partial charge in [0.15, 0.2) is 0 Å². The Hall–Kier alpha value is -0.610. The lowest BCUT2D eigenvalue weighted by Gasteiger charge is -2.28. The van der Waals surface area contributed by atoms with Crippen LogP contribution < -0.4 is 5.43 Å². The molecule has 1 amide bonds. The van der Waals surface area contributed by atoms with Crippen molar-refractivity contribution in [2.24, 2.45) is 0 Å². The minimum atomic E-state index is 0.139. The monoisotopic (exact) mass is 299 g/mol. The van der Waals surface area contributed by atoms with Crippen LogP contribution in [0, 0.1) is 0 Å². The summed E-state index contributed by atoms with van der Waals surface area (Å²) >= 11 is 0. The molecular formula is C17H37N3O. The first-order valence-corrected chi connectivity index (χ1v) is 8.86. The van der Waals surface area contributed by atoms with E-state index in [0.29, 0.717) is 6.42 Å². The molecule has 21 heavy (non-hydrogen) atoms. The van der Waals surface area contributed by atoms with E-state index in [1.54, 1.807) is 0 Å². The highest BCUT2D eigenvalue weighted by molar-refractivity contribution is 5.75. The molecule has 0 fully saturated rings. The predicted molar refractivity (Wildman–Crippen MR) is 90.7 cm³/mol. The number of unbranched alkanes of at least 4 members (excludes halogenated alkanes) is 8. The van der Waals surface area contributed by atoms with Gasteiger partial charge in [0.05, 0.1) is 0 Å². The van der Waals surface area contributed by atoms with Gasteiger partial charge in [-0.2, -0.15) is 5.12 Å². The Morgan fingerprint density at radius 3 is 1.81 bits per heavy atom. The number of carbonyl (C=O) groups excluding carboxylic acids is 1. The summed E-state index contributed by atoms with van der Waals surface area (Å²) in [6.07, 6.45) is 13.3. The summed E-state index contributed by atoms with van der Waals surface area (Å²) in [5, 5.41) is 3.81. The zero-order chi connectivity index (χ0) is 15.9. The van der Waals surface area contributed by atoms with Crippen LogP contribution in [0.4, 0.5) is 0 Å². The zero-order valence-electron chi connectivity index (χ0n) is 14.8. The highest BCUT2D eigenvalue weighted by Crippen LogP contribution is 2.10. The molecule has 0 aromatic heterocycles. The van der Waals surface area contributed by atoms with E-state index in [0.717, 1.165) is 19.4 Å². The Bertz CT molecular complexity index is 244. The molecule has 0 saturated carbocycles. The largest absolute Gasteiger partial charge is 0.275 e. The first-order valence-electron chi connectivity index (χ1n) is 8.86. The summed E-state index contributed by atoms with van der Waals surface area (Å²) in [4.78, 5) is 11.9. The average Bonchev–Trinajstić information content (AvgIpc) is 2.45. The van der Waals surface area contributed by atoms with Crippen molar-refractivity contribution < 1.29 is 4.79 Å². The maximum atomic E-state index is 11.9. The van der Waals surface area contributed by atoms with Crippen molar-refractivity contribution >= 4 is 5.91 Å². The molecule has 0 bridgehead atoms. The lowest BCUT2D eigenvalue weighted by Crippen LogP contribution is -2.50. The molecule has 0 atom stereocenters. The van der Waals surface area contributed by atoms with Gasteiger partial charge < -0.3 is 0 Å². The Morgan fingerprint density at radius 2 is 1.33 bits per heavy atom. The quantitative estimate of drug-likeness (QED) is 0.387. The molecule has 0 aromatic carbocycles. The summed E-state index contributed by atoms with van der Waals surface area (Å²) in [6, 6.07) is 0. The number of hydrogen-bond donors (Lipinski definition) is 1. The van der Waals surface area contributed by atoms with Crippen LogP contribution in [0.1, 0.15) is 84.5 Å². The molecule has 4 nitrogen and oxygen atoms in total. The number of rotatable bonds is 14. The first kappa shape index (κ1) is 20.4. The average molecular weight is 300 g/mol. The Balaban J connectivity index is 3.48. The van der Waals surface area contributed by atoms with E-state index < -0.39 is 0 Å². The maximum absolute atomic E-state index is 11.9. The number of carbonyl (C=O) groups is 1. The van der Waals surface area contributed by atoms with E-state index in [9.17, 15) is 4.79 Å². The number of nitrogens with one attached hydrogen (secondary N) is 1. The van der Waals surface area contributed by atoms with Gasteiger partial charge in [-0.05, 0) is 12.8 Å². The second-order valence-electron chi connectivity index (χ2n) is 6.08. The van der Waals surface area contributed by atoms with Gasteiger partial charge in [-0.15, -0.1) is 0 Å². The van der Waals surface area contributed by atoms with Gasteiger partial charge in [0.1, 0.15) is 0 Å². The highest BCUT2D eigenvalue weighted by Gasteiger charge is 2.09. The first-order chi connectivity index (χ1) is 10.1. The molecule has 0 aliphatic heterocycles. The number of amides is 1. The standard InChI is InChI=1S/C17H37N3O/c1-5-7-8-9-10-11-12-13-14-15-17(21)18-20(16-6-2)19(3)4/h5-16H2,1-4H3,(H,18,21). The number of hydrogen-bond acceptors (Lipinski definition) is 3. The zero-order valence-corrected chi connectivity index (χ0v) is 14.8. The smallest absolute Gasteiger partial charge is 0.235 e. The van der Waals surface area contributed by atoms with Gasteiger partial charge in [0.2, 0.25) is 5.91 Å². The van der Waals surface area contributed by atoms with Gasteiger partial charge in [0, 0.05) is 27.1 Å². The van der Waals surface area contributed by atoms with Crippen molar-refractivity contribution in [2.45, 2.75) is 84.5 Å². The summed E-state index contributed by atoms with van der Waals surface area (Å²) in [5.74, 6) is 0.139. The van der Waals surface area contributed by atoms with Crippen molar-refractivity contribution in [3.05, 3.63) is 0 Å². The lowest BCUT2D eigenvalue weighted by atomic mass is 10.1. The fraction of sp³-hybridized carbons (Fsp3) is 0.941. The van der Waals surface area contributed by atoms with Crippen molar-refractivity contribution in [1.29, 1.82) is 0 Å². The van der Waals surface area contributed by atoms with E-state index in [1.165, 1.54) is 51.4 Å². The summed E-state index contributed by atoms with van der Waals surface area (Å²) < 4.78 is 0. The van der Waals surface area contributed by atoms with Gasteiger partial charge in [0.25, 0.3) is 0 Å². The summed E-state index contributed by atoms with van der Waals surface area (Å²) in [7, 11) is 3.91. The Kier molecular flexibility index (Phi) is 13.9. The topological polar surface area (TPSA) is 35.6 Å². The Morgan fingerprint density at radius 1 is 0.810 bits per heavy atom. The Labute approximate surface area is 132 Å². The van der Waals surface area contributed by atoms with Gasteiger partial charge >= 0.3 is 0 Å². The molecule has 0 aromatic rings. The van der Waals surface area contributed by atoms with Gasteiger partial charge in [-0.3, -0.25) is 10.2 Å². The fourth-order valence-electron chi connectivity index (χ4n) is 2.36. The molecule has 126 valence electrons. The third-order valence-electron chi connectivity index (χ3n) is 3.68. The van der Waals surface area contributed by atoms with Crippen LogP contribution in [0.25, 0.3) is 0 Å². The molecule has 0 saturated heterocycles. The van der Waals surface area contributed by atoms with E-state index in [1.807, 2.05) is 24.2 Å². The minimum Gasteiger partial charge on any atom is -0.275 e. The second kappa shape index (κ2) is 14.3. The molecule has 0 aliphatic rings. The van der Waals surface area contributed by atoms with E-state index in [-0.39, 0.29) is 5.91 Å². The third-order valence-corrected chi connectivity index (χ3v) is 3.68. The van der Waals surface area contributed by atoms with E-state index in [2.05, 4.69) is 19.3 Å². The number of hydrazine groups is 2. The van der Waals surface area contributed by atoms with Crippen molar-refractivity contribution in [2.75, 3.05) is 20.6 Å². The van der Waals surface area contributed by atoms with Crippen LogP contribution in [0.5, 0.6) is 0 Å². The van der Waals surface area contributed by atoms with Crippen LogP contribution in [-0.4, -0.2) is 36.7 Å². The molecule has 0 radical (unpaired) electrons. The molecule has 0 spiro atoms. The van der Waals surface area contributed by atoms with Crippen LogP contribution >= 0.6 is 0 Å². The number of nitrogens with zero attached hydrogens (tertiary/aromatic N) is 2. The molecule has 0 heterocycles. The van der Waals surface area contributed by atoms with Gasteiger partial charge in [-0.1, -0.05) is 65.2 Å². The molecular weight excluding hydrogens is 262 g/mol. The summed E-state index contributed by atoms with van der Waals surface area (Å²) in [6.45, 7) is 5.22. The van der Waals surface area contributed by atoms with E-state index >= 15 is 0 Å². The molecule has 0 aliphatic carbocycles. The molecule has 0 rings (SSSR count). The fourth-order valence-corrected chi connectivity index (χ4v) is 2.36. The minimum absolute atomic E-state index is 0.139. The van der Waals surface area contributed by atoms with Crippen molar-refractivity contribution in [3.63, 3.8) is 0 Å². The second-order valence-corrected chi connectivity index (χ2v) is 6.08. The normalized spacial score (nSPS) is 11.3. The lowest BCUT2D eigenvalue weighted by molar-refractivity contribution is -0.134. The molecule has 0 unspecified atom stereocenters. The van der Waals surface area contributed by atoms with Crippen molar-refractivity contribution in [3.8, 4) is 0 Å². The van der Waals surface area contributed by atoms with E-state index in [4.69, 9.17) is 0 Å². The van der Waals surface area contributed by atoms with Crippen LogP contribution in [-0.2, 0) is 4.79 Å². The van der Waals surface area contributed by atoms with Gasteiger partial charge in [-0.25, -0.2) is 5.01 Å². The predicted octanol–water partition coefficient (Wildman–Crippen LogP) is 4.13. The van der Waals surface area contributed by atoms with Crippen LogP contribution in [0.3, 0.4) is 0 Å². The SMILES string of the molecule is CCCCCCCCCCCC(=O)NN(CCC)N(C)C. The molecule has 4 heteroatoms. The van der Waals surface area contributed by atoms with Crippen molar-refractivity contribution in [1.82, 2.24) is 15.6 Å². The molecule has 1 N–H and O–H groups in total.